The van der Waals surface area contributed by atoms with Gasteiger partial charge >= 0.3 is 0 Å². The molecule has 0 aliphatic carbocycles. The van der Waals surface area contributed by atoms with Crippen LogP contribution in [0.15, 0.2) is 48.8 Å². The molecule has 1 fully saturated rings. The highest BCUT2D eigenvalue weighted by Crippen LogP contribution is 2.23. The number of amides is 2. The first-order valence-corrected chi connectivity index (χ1v) is 8.81. The van der Waals surface area contributed by atoms with Crippen molar-refractivity contribution in [2.45, 2.75) is 19.0 Å². The highest BCUT2D eigenvalue weighted by Gasteiger charge is 2.41. The van der Waals surface area contributed by atoms with E-state index < -0.39 is 6.04 Å². The van der Waals surface area contributed by atoms with Crippen LogP contribution >= 0.6 is 12.2 Å². The Bertz CT molecular complexity index is 842. The summed E-state index contributed by atoms with van der Waals surface area (Å²) < 4.78 is 5.10. The normalized spacial score (nSPS) is 16.6. The SMILES string of the molecule is COc1ccc(NC(=O)CC2C(=O)N(C)C(=S)N2Cc2ccncc2)cc1. The fourth-order valence-corrected chi connectivity index (χ4v) is 3.18. The van der Waals surface area contributed by atoms with E-state index in [1.165, 1.54) is 4.90 Å². The lowest BCUT2D eigenvalue weighted by molar-refractivity contribution is -0.130. The van der Waals surface area contributed by atoms with Crippen LogP contribution in [-0.4, -0.2) is 51.9 Å². The molecule has 8 heteroatoms. The van der Waals surface area contributed by atoms with E-state index in [0.717, 1.165) is 5.56 Å². The van der Waals surface area contributed by atoms with Gasteiger partial charge in [0.05, 0.1) is 13.5 Å². The van der Waals surface area contributed by atoms with Crippen LogP contribution in [0.3, 0.4) is 0 Å². The number of hydrogen-bond acceptors (Lipinski definition) is 5. The fraction of sp³-hybridized carbons (Fsp3) is 0.263. The molecule has 140 valence electrons. The summed E-state index contributed by atoms with van der Waals surface area (Å²) in [6.07, 6.45) is 3.39. The molecule has 3 rings (SSSR count). The van der Waals surface area contributed by atoms with Crippen LogP contribution in [0.4, 0.5) is 5.69 Å². The first-order valence-electron chi connectivity index (χ1n) is 8.40. The zero-order valence-electron chi connectivity index (χ0n) is 15.1. The van der Waals surface area contributed by atoms with E-state index in [-0.39, 0.29) is 18.2 Å². The number of likely N-dealkylation sites (N-methyl/N-ethyl adjacent to an activating group) is 1. The van der Waals surface area contributed by atoms with Crippen molar-refractivity contribution >= 4 is 34.8 Å². The number of aromatic nitrogens is 1. The summed E-state index contributed by atoms with van der Waals surface area (Å²) in [6, 6.07) is 10.1. The molecular formula is C19H20N4O3S. The molecule has 1 aliphatic rings. The van der Waals surface area contributed by atoms with Crippen LogP contribution in [0.1, 0.15) is 12.0 Å². The van der Waals surface area contributed by atoms with Crippen molar-refractivity contribution < 1.29 is 14.3 Å². The Kier molecular flexibility index (Phi) is 5.66. The number of thiocarbonyl (C=S) groups is 1. The quantitative estimate of drug-likeness (QED) is 0.769. The molecule has 0 saturated carbocycles. The van der Waals surface area contributed by atoms with Crippen molar-refractivity contribution in [3.8, 4) is 5.75 Å². The molecule has 27 heavy (non-hydrogen) atoms. The zero-order valence-corrected chi connectivity index (χ0v) is 15.9. The van der Waals surface area contributed by atoms with Crippen molar-refractivity contribution in [1.29, 1.82) is 0 Å². The van der Waals surface area contributed by atoms with E-state index >= 15 is 0 Å². The van der Waals surface area contributed by atoms with E-state index in [2.05, 4.69) is 10.3 Å². The number of nitrogens with one attached hydrogen (secondary N) is 1. The number of benzene rings is 1. The maximum absolute atomic E-state index is 12.6. The van der Waals surface area contributed by atoms with E-state index in [1.54, 1.807) is 55.7 Å². The molecule has 1 aromatic heterocycles. The van der Waals surface area contributed by atoms with Crippen molar-refractivity contribution in [3.63, 3.8) is 0 Å². The van der Waals surface area contributed by atoms with Gasteiger partial charge in [0.2, 0.25) is 5.91 Å². The number of carbonyl (C=O) groups excluding carboxylic acids is 2. The van der Waals surface area contributed by atoms with Gasteiger partial charge in [0, 0.05) is 31.7 Å². The molecule has 1 N–H and O–H groups in total. The molecule has 1 atom stereocenters. The summed E-state index contributed by atoms with van der Waals surface area (Å²) in [5, 5.41) is 3.23. The second kappa shape index (κ2) is 8.13. The summed E-state index contributed by atoms with van der Waals surface area (Å²) in [5.41, 5.74) is 1.61. The number of ether oxygens (including phenoxy) is 1. The Labute approximate surface area is 162 Å². The number of methoxy groups -OCH3 is 1. The lowest BCUT2D eigenvalue weighted by Gasteiger charge is -2.23. The summed E-state index contributed by atoms with van der Waals surface area (Å²) in [5.74, 6) is 0.268. The van der Waals surface area contributed by atoms with Crippen LogP contribution in [0.2, 0.25) is 0 Å². The topological polar surface area (TPSA) is 74.8 Å². The highest BCUT2D eigenvalue weighted by atomic mass is 32.1. The lowest BCUT2D eigenvalue weighted by atomic mass is 10.1. The number of pyridine rings is 1. The Hall–Kier alpha value is -3.00. The molecule has 2 aromatic rings. The lowest BCUT2D eigenvalue weighted by Crippen LogP contribution is -2.37. The minimum atomic E-state index is -0.631. The summed E-state index contributed by atoms with van der Waals surface area (Å²) in [6.45, 7) is 0.442. The van der Waals surface area contributed by atoms with Crippen molar-refractivity contribution in [2.75, 3.05) is 19.5 Å². The smallest absolute Gasteiger partial charge is 0.251 e. The molecule has 1 aliphatic heterocycles. The number of carbonyl (C=O) groups is 2. The van der Waals surface area contributed by atoms with Crippen molar-refractivity contribution in [3.05, 3.63) is 54.4 Å². The summed E-state index contributed by atoms with van der Waals surface area (Å²) >= 11 is 5.40. The van der Waals surface area contributed by atoms with Crippen LogP contribution < -0.4 is 10.1 Å². The van der Waals surface area contributed by atoms with E-state index in [4.69, 9.17) is 17.0 Å². The molecule has 1 aromatic carbocycles. The highest BCUT2D eigenvalue weighted by molar-refractivity contribution is 7.80. The molecular weight excluding hydrogens is 364 g/mol. The van der Waals surface area contributed by atoms with Crippen LogP contribution in [0, 0.1) is 0 Å². The van der Waals surface area contributed by atoms with Gasteiger partial charge in [-0.2, -0.15) is 0 Å². The molecule has 7 nitrogen and oxygen atoms in total. The number of hydrogen-bond donors (Lipinski definition) is 1. The van der Waals surface area contributed by atoms with E-state index in [1.807, 2.05) is 12.1 Å². The first kappa shape index (κ1) is 18.8. The maximum atomic E-state index is 12.6. The molecule has 1 saturated heterocycles. The van der Waals surface area contributed by atoms with Gasteiger partial charge in [-0.1, -0.05) is 0 Å². The minimum Gasteiger partial charge on any atom is -0.497 e. The molecule has 1 unspecified atom stereocenters. The average Bonchev–Trinajstić information content (AvgIpc) is 2.88. The third-order valence-electron chi connectivity index (χ3n) is 4.38. The summed E-state index contributed by atoms with van der Waals surface area (Å²) in [7, 11) is 3.21. The van der Waals surface area contributed by atoms with Gasteiger partial charge in [-0.05, 0) is 54.2 Å². The van der Waals surface area contributed by atoms with Crippen molar-refractivity contribution in [2.24, 2.45) is 0 Å². The number of nitrogens with zero attached hydrogens (tertiary/aromatic N) is 3. The zero-order chi connectivity index (χ0) is 19.4. The minimum absolute atomic E-state index is 0.0143. The predicted molar refractivity (Wildman–Crippen MR) is 105 cm³/mol. The standard InChI is InChI=1S/C19H20N4O3S/c1-22-18(25)16(23(19(22)27)12-13-7-9-20-10-8-13)11-17(24)21-14-3-5-15(26-2)6-4-14/h3-10,16H,11-12H2,1-2H3,(H,21,24). The van der Waals surface area contributed by atoms with Gasteiger partial charge in [-0.3, -0.25) is 19.5 Å². The van der Waals surface area contributed by atoms with Crippen LogP contribution in [0.5, 0.6) is 5.75 Å². The van der Waals surface area contributed by atoms with Crippen LogP contribution in [-0.2, 0) is 16.1 Å². The van der Waals surface area contributed by atoms with Gasteiger partial charge in [-0.25, -0.2) is 0 Å². The monoisotopic (exact) mass is 384 g/mol. The van der Waals surface area contributed by atoms with Gasteiger partial charge in [0.1, 0.15) is 11.8 Å². The van der Waals surface area contributed by atoms with Gasteiger partial charge in [0.25, 0.3) is 5.91 Å². The molecule has 2 amide bonds. The Balaban J connectivity index is 1.70. The van der Waals surface area contributed by atoms with Gasteiger partial charge in [0.15, 0.2) is 5.11 Å². The van der Waals surface area contributed by atoms with Gasteiger partial charge < -0.3 is 15.0 Å². The third kappa shape index (κ3) is 4.22. The van der Waals surface area contributed by atoms with Crippen LogP contribution in [0.25, 0.3) is 0 Å². The third-order valence-corrected chi connectivity index (χ3v) is 4.89. The number of rotatable bonds is 6. The molecule has 0 radical (unpaired) electrons. The van der Waals surface area contributed by atoms with E-state index in [9.17, 15) is 9.59 Å². The molecule has 0 spiro atoms. The second-order valence-electron chi connectivity index (χ2n) is 6.16. The Morgan fingerprint density at radius 3 is 2.52 bits per heavy atom. The average molecular weight is 384 g/mol. The Morgan fingerprint density at radius 1 is 1.22 bits per heavy atom. The Morgan fingerprint density at radius 2 is 1.89 bits per heavy atom. The largest absolute Gasteiger partial charge is 0.497 e. The van der Waals surface area contributed by atoms with E-state index in [0.29, 0.717) is 23.1 Å². The second-order valence-corrected chi connectivity index (χ2v) is 6.52. The maximum Gasteiger partial charge on any atom is 0.251 e. The fourth-order valence-electron chi connectivity index (χ4n) is 2.90. The van der Waals surface area contributed by atoms with Gasteiger partial charge in [-0.15, -0.1) is 0 Å². The molecule has 2 heterocycles. The number of anilines is 1. The molecule has 0 bridgehead atoms. The first-order chi connectivity index (χ1) is 13.0. The predicted octanol–water partition coefficient (Wildman–Crippen LogP) is 2.05. The summed E-state index contributed by atoms with van der Waals surface area (Å²) in [4.78, 5) is 32.3. The van der Waals surface area contributed by atoms with Crippen molar-refractivity contribution in [1.82, 2.24) is 14.8 Å².